The van der Waals surface area contributed by atoms with Gasteiger partial charge in [-0.2, -0.15) is 0 Å². The maximum absolute atomic E-state index is 11.4. The predicted octanol–water partition coefficient (Wildman–Crippen LogP) is 3.11. The number of ether oxygens (including phenoxy) is 1. The van der Waals surface area contributed by atoms with E-state index < -0.39 is 5.97 Å². The van der Waals surface area contributed by atoms with Crippen molar-refractivity contribution in [2.45, 2.75) is 0 Å². The molecule has 0 fully saturated rings. The smallest absolute Gasteiger partial charge is 0.347 e. The summed E-state index contributed by atoms with van der Waals surface area (Å²) in [6.07, 6.45) is 0. The first kappa shape index (κ1) is 13.3. The van der Waals surface area contributed by atoms with Crippen LogP contribution in [0.4, 0.5) is 5.69 Å². The zero-order valence-electron chi connectivity index (χ0n) is 8.01. The number of benzene rings is 1. The Balaban J connectivity index is 3.38. The molecule has 1 aromatic rings. The van der Waals surface area contributed by atoms with Crippen molar-refractivity contribution >= 4 is 57.3 Å². The van der Waals surface area contributed by atoms with E-state index in [4.69, 9.17) is 23.2 Å². The van der Waals surface area contributed by atoms with E-state index in [-0.39, 0.29) is 22.1 Å². The molecule has 0 saturated carbocycles. The number of hydrogen-bond donors (Lipinski definition) is 1. The minimum Gasteiger partial charge on any atom is -0.392 e. The molecule has 1 aromatic carbocycles. The molecule has 16 heavy (non-hydrogen) atoms. The third-order valence-electron chi connectivity index (χ3n) is 1.79. The van der Waals surface area contributed by atoms with Gasteiger partial charge in [-0.25, -0.2) is 4.79 Å². The fraction of sp³-hybridized carbons (Fsp3) is 0.111. The average Bonchev–Trinajstić information content (AvgIpc) is 2.26. The van der Waals surface area contributed by atoms with Gasteiger partial charge in [-0.05, 0) is 22.0 Å². The molecule has 0 aromatic heterocycles. The van der Waals surface area contributed by atoms with Gasteiger partial charge in [0, 0.05) is 7.05 Å². The van der Waals surface area contributed by atoms with Crippen molar-refractivity contribution in [3.05, 3.63) is 26.1 Å². The zero-order valence-corrected chi connectivity index (χ0v) is 11.1. The highest BCUT2D eigenvalue weighted by atomic mass is 79.9. The summed E-state index contributed by atoms with van der Waals surface area (Å²) in [4.78, 5) is 21.5. The number of carbonyl (C=O) groups is 2. The van der Waals surface area contributed by atoms with Crippen LogP contribution >= 0.6 is 39.1 Å². The van der Waals surface area contributed by atoms with Crippen LogP contribution in [0.5, 0.6) is 0 Å². The van der Waals surface area contributed by atoms with E-state index in [9.17, 15) is 9.59 Å². The van der Waals surface area contributed by atoms with Gasteiger partial charge < -0.3 is 10.1 Å². The lowest BCUT2D eigenvalue weighted by Crippen LogP contribution is -2.08. The lowest BCUT2D eigenvalue weighted by atomic mass is 10.2. The third kappa shape index (κ3) is 2.48. The molecule has 0 bridgehead atoms. The maximum Gasteiger partial charge on any atom is 0.347 e. The van der Waals surface area contributed by atoms with Crippen LogP contribution in [0.25, 0.3) is 0 Å². The second kappa shape index (κ2) is 5.52. The molecule has 0 aliphatic carbocycles. The number of hydrogen-bond acceptors (Lipinski definition) is 4. The Morgan fingerprint density at radius 3 is 2.69 bits per heavy atom. The van der Waals surface area contributed by atoms with Gasteiger partial charge in [0.05, 0.1) is 25.8 Å². The molecule has 0 heterocycles. The summed E-state index contributed by atoms with van der Waals surface area (Å²) in [5, 5.41) is 3.23. The predicted molar refractivity (Wildman–Crippen MR) is 65.2 cm³/mol. The van der Waals surface area contributed by atoms with Crippen molar-refractivity contribution in [2.24, 2.45) is 0 Å². The number of nitrogens with one attached hydrogen (secondary N) is 1. The summed E-state index contributed by atoms with van der Waals surface area (Å²) in [6.45, 7) is 0.0472. The normalized spacial score (nSPS) is 9.75. The molecule has 1 rings (SSSR count). The second-order valence-corrected chi connectivity index (χ2v) is 4.24. The van der Waals surface area contributed by atoms with Crippen molar-refractivity contribution in [1.29, 1.82) is 0 Å². The molecule has 0 radical (unpaired) electrons. The van der Waals surface area contributed by atoms with E-state index in [0.717, 1.165) is 0 Å². The molecule has 0 aliphatic rings. The molecular formula is C9H6BrCl2NO3. The summed E-state index contributed by atoms with van der Waals surface area (Å²) in [5.74, 6) is -0.823. The Morgan fingerprint density at radius 2 is 2.19 bits per heavy atom. The average molecular weight is 327 g/mol. The fourth-order valence-corrected chi connectivity index (χ4v) is 1.97. The van der Waals surface area contributed by atoms with Gasteiger partial charge in [0.25, 0.3) is 0 Å². The van der Waals surface area contributed by atoms with Gasteiger partial charge in [-0.3, -0.25) is 4.79 Å². The summed E-state index contributed by atoms with van der Waals surface area (Å²) in [6, 6.07) is 1.36. The Kier molecular flexibility index (Phi) is 4.58. The van der Waals surface area contributed by atoms with Crippen LogP contribution in [0.3, 0.4) is 0 Å². The number of halogens is 3. The molecule has 0 atom stereocenters. The Labute approximate surface area is 110 Å². The molecule has 0 spiro atoms. The quantitative estimate of drug-likeness (QED) is 0.401. The van der Waals surface area contributed by atoms with E-state index in [1.54, 1.807) is 7.05 Å². The van der Waals surface area contributed by atoms with Crippen LogP contribution < -0.4 is 5.32 Å². The molecule has 0 saturated heterocycles. The van der Waals surface area contributed by atoms with E-state index in [2.05, 4.69) is 26.0 Å². The lowest BCUT2D eigenvalue weighted by molar-refractivity contribution is -0.123. The largest absolute Gasteiger partial charge is 0.392 e. The minimum atomic E-state index is -0.823. The van der Waals surface area contributed by atoms with Crippen molar-refractivity contribution in [1.82, 2.24) is 0 Å². The number of rotatable bonds is 3. The highest BCUT2D eigenvalue weighted by molar-refractivity contribution is 9.10. The minimum absolute atomic E-state index is 0.0472. The molecule has 86 valence electrons. The summed E-state index contributed by atoms with van der Waals surface area (Å²) in [5.41, 5.74) is 0.428. The number of anilines is 1. The molecule has 7 heteroatoms. The first-order valence-electron chi connectivity index (χ1n) is 4.02. The van der Waals surface area contributed by atoms with Crippen LogP contribution in [0.1, 0.15) is 10.4 Å². The van der Waals surface area contributed by atoms with E-state index in [1.807, 2.05) is 0 Å². The molecular weight excluding hydrogens is 321 g/mol. The van der Waals surface area contributed by atoms with Crippen molar-refractivity contribution in [3.63, 3.8) is 0 Å². The zero-order chi connectivity index (χ0) is 12.3. The Morgan fingerprint density at radius 1 is 1.56 bits per heavy atom. The number of esters is 1. The third-order valence-corrected chi connectivity index (χ3v) is 3.74. The lowest BCUT2D eigenvalue weighted by Gasteiger charge is -2.11. The fourth-order valence-electron chi connectivity index (χ4n) is 1.11. The monoisotopic (exact) mass is 325 g/mol. The van der Waals surface area contributed by atoms with Crippen LogP contribution in [-0.2, 0) is 9.53 Å². The standard InChI is InChI=1S/C9H6BrCl2NO3/c1-13-8-4(9(15)16-3-14)2-5(11)6(10)7(8)12/h2-3,13H,1H3. The number of carbonyl (C=O) groups excluding carboxylic acids is 2. The highest BCUT2D eigenvalue weighted by Crippen LogP contribution is 2.38. The molecule has 0 unspecified atom stereocenters. The van der Waals surface area contributed by atoms with E-state index in [0.29, 0.717) is 10.2 Å². The molecule has 4 nitrogen and oxygen atoms in total. The van der Waals surface area contributed by atoms with Crippen molar-refractivity contribution in [2.75, 3.05) is 12.4 Å². The highest BCUT2D eigenvalue weighted by Gasteiger charge is 2.19. The summed E-state index contributed by atoms with van der Waals surface area (Å²) in [7, 11) is 1.58. The van der Waals surface area contributed by atoms with Crippen LogP contribution in [0, 0.1) is 0 Å². The first-order chi connectivity index (χ1) is 7.52. The van der Waals surface area contributed by atoms with Gasteiger partial charge in [0.2, 0.25) is 0 Å². The molecule has 0 aliphatic heterocycles. The van der Waals surface area contributed by atoms with E-state index in [1.165, 1.54) is 6.07 Å². The molecule has 0 amide bonds. The van der Waals surface area contributed by atoms with Gasteiger partial charge >= 0.3 is 12.4 Å². The van der Waals surface area contributed by atoms with Gasteiger partial charge in [-0.15, -0.1) is 0 Å². The summed E-state index contributed by atoms with van der Waals surface area (Å²) >= 11 is 15.0. The van der Waals surface area contributed by atoms with Crippen LogP contribution in [0.15, 0.2) is 10.5 Å². The van der Waals surface area contributed by atoms with Crippen molar-refractivity contribution in [3.8, 4) is 0 Å². The Hall–Kier alpha value is -0.780. The topological polar surface area (TPSA) is 55.4 Å². The van der Waals surface area contributed by atoms with Gasteiger partial charge in [-0.1, -0.05) is 23.2 Å². The Bertz CT molecular complexity index is 451. The van der Waals surface area contributed by atoms with Crippen LogP contribution in [-0.4, -0.2) is 19.5 Å². The second-order valence-electron chi connectivity index (χ2n) is 2.66. The van der Waals surface area contributed by atoms with Crippen molar-refractivity contribution < 1.29 is 14.3 Å². The maximum atomic E-state index is 11.4. The van der Waals surface area contributed by atoms with E-state index >= 15 is 0 Å². The van der Waals surface area contributed by atoms with Gasteiger partial charge in [0.15, 0.2) is 0 Å². The molecule has 1 N–H and O–H groups in total. The SMILES string of the molecule is CNc1c(C(=O)OC=O)cc(Cl)c(Br)c1Cl. The van der Waals surface area contributed by atoms with Crippen LogP contribution in [0.2, 0.25) is 10.0 Å². The van der Waals surface area contributed by atoms with Gasteiger partial charge in [0.1, 0.15) is 0 Å². The first-order valence-corrected chi connectivity index (χ1v) is 5.57. The summed E-state index contributed by atoms with van der Waals surface area (Å²) < 4.78 is 4.69.